The van der Waals surface area contributed by atoms with Crippen molar-refractivity contribution in [1.82, 2.24) is 9.97 Å². The van der Waals surface area contributed by atoms with Crippen LogP contribution in [-0.4, -0.2) is 9.97 Å². The van der Waals surface area contributed by atoms with E-state index < -0.39 is 0 Å². The van der Waals surface area contributed by atoms with Crippen LogP contribution >= 0.6 is 0 Å². The molecule has 2 rings (SSSR count). The number of para-hydroxylation sites is 1. The van der Waals surface area contributed by atoms with E-state index in [4.69, 9.17) is 0 Å². The Morgan fingerprint density at radius 1 is 1.24 bits per heavy atom. The molecule has 0 bridgehead atoms. The Labute approximate surface area is 101 Å². The Hall–Kier alpha value is -1.64. The van der Waals surface area contributed by atoms with Gasteiger partial charge in [-0.05, 0) is 17.5 Å². The molecule has 1 unspecified atom stereocenters. The van der Waals surface area contributed by atoms with Gasteiger partial charge in [-0.1, -0.05) is 39.8 Å². The second-order valence-corrected chi connectivity index (χ2v) is 5.56. The molecule has 0 spiro atoms. The molecule has 1 aromatic heterocycles. The summed E-state index contributed by atoms with van der Waals surface area (Å²) in [5.41, 5.74) is 0.794. The number of fused-ring (bicyclic) bond motifs is 1. The van der Waals surface area contributed by atoms with E-state index in [0.29, 0.717) is 5.39 Å². The first-order valence-corrected chi connectivity index (χ1v) is 5.88. The second kappa shape index (κ2) is 3.99. The number of benzene rings is 1. The Morgan fingerprint density at radius 2 is 1.88 bits per heavy atom. The summed E-state index contributed by atoms with van der Waals surface area (Å²) in [6.45, 7) is 8.53. The van der Waals surface area contributed by atoms with E-state index in [9.17, 15) is 4.79 Å². The van der Waals surface area contributed by atoms with Crippen molar-refractivity contribution < 1.29 is 0 Å². The quantitative estimate of drug-likeness (QED) is 0.818. The average molecular weight is 230 g/mol. The van der Waals surface area contributed by atoms with Crippen molar-refractivity contribution in [2.75, 3.05) is 0 Å². The molecule has 3 heteroatoms. The second-order valence-electron chi connectivity index (χ2n) is 5.56. The van der Waals surface area contributed by atoms with Crippen LogP contribution in [0.2, 0.25) is 0 Å². The number of nitrogens with zero attached hydrogens (tertiary/aromatic N) is 1. The fraction of sp³-hybridized carbons (Fsp3) is 0.429. The van der Waals surface area contributed by atoms with Crippen LogP contribution in [0.5, 0.6) is 0 Å². The number of rotatable bonds is 1. The number of hydrogen-bond donors (Lipinski definition) is 1. The fourth-order valence-corrected chi connectivity index (χ4v) is 1.72. The van der Waals surface area contributed by atoms with Gasteiger partial charge < -0.3 is 4.98 Å². The molecule has 17 heavy (non-hydrogen) atoms. The minimum atomic E-state index is -0.0540. The SMILES string of the molecule is CC(c1nc2ccccc2c(=O)[nH]1)C(C)(C)C. The van der Waals surface area contributed by atoms with Gasteiger partial charge in [0.25, 0.3) is 5.56 Å². The standard InChI is InChI=1S/C14H18N2O/c1-9(14(2,3)4)12-15-11-8-6-5-7-10(11)13(17)16-12/h5-9H,1-4H3,(H,15,16,17). The van der Waals surface area contributed by atoms with Crippen LogP contribution < -0.4 is 5.56 Å². The minimum Gasteiger partial charge on any atom is -0.310 e. The predicted molar refractivity (Wildman–Crippen MR) is 70.2 cm³/mol. The third-order valence-electron chi connectivity index (χ3n) is 3.34. The van der Waals surface area contributed by atoms with Gasteiger partial charge in [0.15, 0.2) is 0 Å². The van der Waals surface area contributed by atoms with Crippen molar-refractivity contribution in [3.63, 3.8) is 0 Å². The molecule has 1 atom stereocenters. The van der Waals surface area contributed by atoms with Gasteiger partial charge in [-0.25, -0.2) is 4.98 Å². The molecule has 0 radical (unpaired) electrons. The smallest absolute Gasteiger partial charge is 0.258 e. The molecule has 90 valence electrons. The van der Waals surface area contributed by atoms with Gasteiger partial charge in [-0.15, -0.1) is 0 Å². The van der Waals surface area contributed by atoms with E-state index in [2.05, 4.69) is 37.7 Å². The summed E-state index contributed by atoms with van der Waals surface area (Å²) in [5.74, 6) is 0.973. The molecule has 0 aliphatic carbocycles. The molecule has 2 aromatic rings. The van der Waals surface area contributed by atoms with E-state index in [1.54, 1.807) is 6.07 Å². The van der Waals surface area contributed by atoms with Crippen LogP contribution in [0.1, 0.15) is 39.4 Å². The van der Waals surface area contributed by atoms with Crippen LogP contribution in [0.25, 0.3) is 10.9 Å². The molecular formula is C14H18N2O. The summed E-state index contributed by atoms with van der Waals surface area (Å²) in [7, 11) is 0. The molecule has 1 heterocycles. The van der Waals surface area contributed by atoms with Gasteiger partial charge in [-0.3, -0.25) is 4.79 Å². The molecule has 1 aromatic carbocycles. The van der Waals surface area contributed by atoms with E-state index >= 15 is 0 Å². The topological polar surface area (TPSA) is 45.8 Å². The van der Waals surface area contributed by atoms with Crippen molar-refractivity contribution in [3.8, 4) is 0 Å². The lowest BCUT2D eigenvalue weighted by Gasteiger charge is -2.26. The molecule has 0 saturated heterocycles. The lowest BCUT2D eigenvalue weighted by Crippen LogP contribution is -2.21. The molecule has 0 aliphatic heterocycles. The van der Waals surface area contributed by atoms with Crippen molar-refractivity contribution in [3.05, 3.63) is 40.4 Å². The van der Waals surface area contributed by atoms with Crippen LogP contribution in [0.4, 0.5) is 0 Å². The van der Waals surface area contributed by atoms with Crippen molar-refractivity contribution >= 4 is 10.9 Å². The minimum absolute atomic E-state index is 0.0540. The average Bonchev–Trinajstić information content (AvgIpc) is 2.27. The normalized spacial score (nSPS) is 13.9. The monoisotopic (exact) mass is 230 g/mol. The molecule has 1 N–H and O–H groups in total. The van der Waals surface area contributed by atoms with Crippen LogP contribution in [0.15, 0.2) is 29.1 Å². The Balaban J connectivity index is 2.62. The zero-order valence-corrected chi connectivity index (χ0v) is 10.7. The van der Waals surface area contributed by atoms with Gasteiger partial charge in [0.1, 0.15) is 5.82 Å². The molecule has 0 fully saturated rings. The van der Waals surface area contributed by atoms with E-state index in [1.807, 2.05) is 18.2 Å². The fourth-order valence-electron chi connectivity index (χ4n) is 1.72. The van der Waals surface area contributed by atoms with Gasteiger partial charge in [0, 0.05) is 5.92 Å². The Bertz CT molecular complexity index is 593. The summed E-state index contributed by atoms with van der Waals surface area (Å²) in [6, 6.07) is 7.43. The molecular weight excluding hydrogens is 212 g/mol. The van der Waals surface area contributed by atoms with E-state index in [-0.39, 0.29) is 16.9 Å². The van der Waals surface area contributed by atoms with Gasteiger partial charge in [0.2, 0.25) is 0 Å². The summed E-state index contributed by atoms with van der Waals surface area (Å²) in [5, 5.41) is 0.650. The maximum absolute atomic E-state index is 11.9. The zero-order chi connectivity index (χ0) is 12.6. The molecule has 3 nitrogen and oxygen atoms in total. The number of hydrogen-bond acceptors (Lipinski definition) is 2. The lowest BCUT2D eigenvalue weighted by molar-refractivity contribution is 0.328. The summed E-state index contributed by atoms with van der Waals surface area (Å²) < 4.78 is 0. The highest BCUT2D eigenvalue weighted by Crippen LogP contribution is 2.32. The maximum atomic E-state index is 11.9. The summed E-state index contributed by atoms with van der Waals surface area (Å²) >= 11 is 0. The summed E-state index contributed by atoms with van der Waals surface area (Å²) in [6.07, 6.45) is 0. The highest BCUT2D eigenvalue weighted by atomic mass is 16.1. The highest BCUT2D eigenvalue weighted by Gasteiger charge is 2.24. The predicted octanol–water partition coefficient (Wildman–Crippen LogP) is 3.07. The van der Waals surface area contributed by atoms with Crippen LogP contribution in [0.3, 0.4) is 0 Å². The van der Waals surface area contributed by atoms with Crippen molar-refractivity contribution in [2.24, 2.45) is 5.41 Å². The number of nitrogens with one attached hydrogen (secondary N) is 1. The van der Waals surface area contributed by atoms with Crippen LogP contribution in [-0.2, 0) is 0 Å². The maximum Gasteiger partial charge on any atom is 0.258 e. The Kier molecular flexibility index (Phi) is 2.77. The van der Waals surface area contributed by atoms with Crippen molar-refractivity contribution in [1.29, 1.82) is 0 Å². The number of aromatic amines is 1. The third kappa shape index (κ3) is 2.23. The number of aromatic nitrogens is 2. The first kappa shape index (κ1) is 11.8. The van der Waals surface area contributed by atoms with Crippen molar-refractivity contribution in [2.45, 2.75) is 33.6 Å². The van der Waals surface area contributed by atoms with E-state index in [1.165, 1.54) is 0 Å². The first-order valence-electron chi connectivity index (χ1n) is 5.88. The highest BCUT2D eigenvalue weighted by molar-refractivity contribution is 5.77. The van der Waals surface area contributed by atoms with Gasteiger partial charge in [-0.2, -0.15) is 0 Å². The Morgan fingerprint density at radius 3 is 2.53 bits per heavy atom. The summed E-state index contributed by atoms with van der Waals surface area (Å²) in [4.78, 5) is 19.4. The molecule has 0 saturated carbocycles. The molecule has 0 aliphatic rings. The lowest BCUT2D eigenvalue weighted by atomic mass is 9.81. The van der Waals surface area contributed by atoms with Crippen LogP contribution in [0, 0.1) is 5.41 Å². The van der Waals surface area contributed by atoms with Gasteiger partial charge in [0.05, 0.1) is 10.9 Å². The van der Waals surface area contributed by atoms with Gasteiger partial charge >= 0.3 is 0 Å². The number of H-pyrrole nitrogens is 1. The largest absolute Gasteiger partial charge is 0.310 e. The third-order valence-corrected chi connectivity index (χ3v) is 3.34. The molecule has 0 amide bonds. The van der Waals surface area contributed by atoms with E-state index in [0.717, 1.165) is 11.3 Å². The first-order chi connectivity index (χ1) is 7.89. The zero-order valence-electron chi connectivity index (χ0n) is 10.7.